The van der Waals surface area contributed by atoms with Crippen molar-refractivity contribution in [3.63, 3.8) is 0 Å². The summed E-state index contributed by atoms with van der Waals surface area (Å²) in [6, 6.07) is 2.31. The van der Waals surface area contributed by atoms with E-state index in [1.54, 1.807) is 6.20 Å². The van der Waals surface area contributed by atoms with Crippen LogP contribution in [0.1, 0.15) is 18.4 Å². The molecule has 16 heavy (non-hydrogen) atoms. The zero-order valence-electron chi connectivity index (χ0n) is 9.20. The van der Waals surface area contributed by atoms with Crippen LogP contribution in [0.5, 0.6) is 0 Å². The molecular formula is C11H15ClN2OS. The number of rotatable bonds is 2. The zero-order chi connectivity index (χ0) is 11.5. The number of hydrogen-bond donors (Lipinski definition) is 1. The first-order valence-corrected chi connectivity index (χ1v) is 7.26. The van der Waals surface area contributed by atoms with Crippen molar-refractivity contribution in [1.29, 1.82) is 0 Å². The van der Waals surface area contributed by atoms with Crippen molar-refractivity contribution >= 4 is 28.1 Å². The second kappa shape index (κ2) is 5.15. The molecule has 88 valence electrons. The maximum absolute atomic E-state index is 11.2. The molecule has 0 unspecified atom stereocenters. The molecule has 0 saturated carbocycles. The molecule has 1 fully saturated rings. The summed E-state index contributed by atoms with van der Waals surface area (Å²) in [6.45, 7) is 2.01. The lowest BCUT2D eigenvalue weighted by atomic mass is 10.1. The highest BCUT2D eigenvalue weighted by Gasteiger charge is 2.19. The van der Waals surface area contributed by atoms with Crippen molar-refractivity contribution < 1.29 is 4.21 Å². The SMILES string of the molecule is Cc1ccnc(Cl)c1NC1CCS(=O)CC1. The summed E-state index contributed by atoms with van der Waals surface area (Å²) in [5, 5.41) is 3.93. The Morgan fingerprint density at radius 1 is 1.50 bits per heavy atom. The predicted octanol–water partition coefficient (Wildman–Crippen LogP) is 2.37. The van der Waals surface area contributed by atoms with Gasteiger partial charge in [-0.1, -0.05) is 11.6 Å². The van der Waals surface area contributed by atoms with E-state index in [2.05, 4.69) is 10.3 Å². The van der Waals surface area contributed by atoms with Crippen LogP contribution in [-0.2, 0) is 10.8 Å². The second-order valence-electron chi connectivity index (χ2n) is 4.06. The Balaban J connectivity index is 2.06. The van der Waals surface area contributed by atoms with Crippen LogP contribution in [0.25, 0.3) is 0 Å². The molecule has 1 aliphatic heterocycles. The fraction of sp³-hybridized carbons (Fsp3) is 0.545. The largest absolute Gasteiger partial charge is 0.380 e. The normalized spacial score (nSPS) is 25.4. The van der Waals surface area contributed by atoms with E-state index in [0.29, 0.717) is 11.2 Å². The highest BCUT2D eigenvalue weighted by Crippen LogP contribution is 2.25. The van der Waals surface area contributed by atoms with Crippen LogP contribution in [0, 0.1) is 6.92 Å². The van der Waals surface area contributed by atoms with Gasteiger partial charge in [0.2, 0.25) is 0 Å². The summed E-state index contributed by atoms with van der Waals surface area (Å²) in [6.07, 6.45) is 3.59. The van der Waals surface area contributed by atoms with Crippen molar-refractivity contribution in [2.45, 2.75) is 25.8 Å². The van der Waals surface area contributed by atoms with E-state index < -0.39 is 10.8 Å². The fourth-order valence-electron chi connectivity index (χ4n) is 1.84. The molecule has 5 heteroatoms. The van der Waals surface area contributed by atoms with E-state index in [1.807, 2.05) is 13.0 Å². The molecule has 2 heterocycles. The van der Waals surface area contributed by atoms with Crippen LogP contribution in [0.3, 0.4) is 0 Å². The number of nitrogens with zero attached hydrogens (tertiary/aromatic N) is 1. The van der Waals surface area contributed by atoms with Crippen LogP contribution in [-0.4, -0.2) is 26.7 Å². The van der Waals surface area contributed by atoms with E-state index >= 15 is 0 Å². The van der Waals surface area contributed by atoms with Gasteiger partial charge in [0.1, 0.15) is 0 Å². The van der Waals surface area contributed by atoms with Crippen LogP contribution in [0.4, 0.5) is 5.69 Å². The third-order valence-corrected chi connectivity index (χ3v) is 4.52. The van der Waals surface area contributed by atoms with Crippen molar-refractivity contribution in [1.82, 2.24) is 4.98 Å². The molecule has 2 rings (SSSR count). The molecule has 0 bridgehead atoms. The molecule has 0 radical (unpaired) electrons. The predicted molar refractivity (Wildman–Crippen MR) is 68.5 cm³/mol. The first kappa shape index (κ1) is 11.9. The minimum Gasteiger partial charge on any atom is -0.380 e. The Hall–Kier alpha value is -0.610. The van der Waals surface area contributed by atoms with Crippen LogP contribution in [0.2, 0.25) is 5.15 Å². The van der Waals surface area contributed by atoms with Gasteiger partial charge < -0.3 is 5.32 Å². The van der Waals surface area contributed by atoms with Crippen molar-refractivity contribution in [3.8, 4) is 0 Å². The summed E-state index contributed by atoms with van der Waals surface area (Å²) in [4.78, 5) is 4.06. The minimum absolute atomic E-state index is 0.373. The van der Waals surface area contributed by atoms with Gasteiger partial charge in [0.25, 0.3) is 0 Å². The summed E-state index contributed by atoms with van der Waals surface area (Å²) in [5.74, 6) is 1.57. The quantitative estimate of drug-likeness (QED) is 0.828. The van der Waals surface area contributed by atoms with E-state index in [0.717, 1.165) is 35.6 Å². The maximum atomic E-state index is 11.2. The Kier molecular flexibility index (Phi) is 3.82. The topological polar surface area (TPSA) is 42.0 Å². The van der Waals surface area contributed by atoms with Crippen LogP contribution >= 0.6 is 11.6 Å². The number of aromatic nitrogens is 1. The van der Waals surface area contributed by atoms with Gasteiger partial charge in [0.05, 0.1) is 5.69 Å². The van der Waals surface area contributed by atoms with Crippen molar-refractivity contribution in [3.05, 3.63) is 23.0 Å². The molecule has 1 N–H and O–H groups in total. The number of pyridine rings is 1. The number of hydrogen-bond acceptors (Lipinski definition) is 3. The molecule has 0 spiro atoms. The fourth-order valence-corrected chi connectivity index (χ4v) is 3.40. The Morgan fingerprint density at radius 3 is 2.81 bits per heavy atom. The highest BCUT2D eigenvalue weighted by atomic mass is 35.5. The first-order chi connectivity index (χ1) is 7.66. The smallest absolute Gasteiger partial charge is 0.152 e. The minimum atomic E-state index is -0.618. The van der Waals surface area contributed by atoms with E-state index in [9.17, 15) is 4.21 Å². The number of anilines is 1. The summed E-state index contributed by atoms with van der Waals surface area (Å²) in [7, 11) is -0.618. The number of nitrogens with one attached hydrogen (secondary N) is 1. The molecule has 0 amide bonds. The lowest BCUT2D eigenvalue weighted by Gasteiger charge is -2.24. The monoisotopic (exact) mass is 258 g/mol. The van der Waals surface area contributed by atoms with Gasteiger partial charge in [-0.15, -0.1) is 0 Å². The van der Waals surface area contributed by atoms with Gasteiger partial charge in [-0.3, -0.25) is 4.21 Å². The summed E-state index contributed by atoms with van der Waals surface area (Å²) in [5.41, 5.74) is 2.02. The Morgan fingerprint density at radius 2 is 2.19 bits per heavy atom. The number of aryl methyl sites for hydroxylation is 1. The van der Waals surface area contributed by atoms with E-state index in [-0.39, 0.29) is 0 Å². The molecule has 0 atom stereocenters. The third-order valence-electron chi connectivity index (χ3n) is 2.85. The maximum Gasteiger partial charge on any atom is 0.152 e. The summed E-state index contributed by atoms with van der Waals surface area (Å²) < 4.78 is 11.2. The molecule has 1 saturated heterocycles. The molecule has 0 aliphatic carbocycles. The van der Waals surface area contributed by atoms with Gasteiger partial charge in [0.15, 0.2) is 5.15 Å². The van der Waals surface area contributed by atoms with Crippen LogP contribution in [0.15, 0.2) is 12.3 Å². The first-order valence-electron chi connectivity index (χ1n) is 5.39. The lowest BCUT2D eigenvalue weighted by Crippen LogP contribution is -2.29. The molecule has 3 nitrogen and oxygen atoms in total. The van der Waals surface area contributed by atoms with Gasteiger partial charge in [-0.05, 0) is 31.4 Å². The van der Waals surface area contributed by atoms with Crippen molar-refractivity contribution in [2.24, 2.45) is 0 Å². The Labute approximate surface area is 103 Å². The standard InChI is InChI=1S/C11H15ClN2OS/c1-8-2-5-13-11(12)10(8)14-9-3-6-16(15)7-4-9/h2,5,9,14H,3-4,6-7H2,1H3. The average Bonchev–Trinajstić information content (AvgIpc) is 2.26. The second-order valence-corrected chi connectivity index (χ2v) is 6.11. The zero-order valence-corrected chi connectivity index (χ0v) is 10.8. The van der Waals surface area contributed by atoms with Gasteiger partial charge in [-0.2, -0.15) is 0 Å². The number of halogens is 1. The molecule has 0 aromatic carbocycles. The van der Waals surface area contributed by atoms with E-state index in [1.165, 1.54) is 0 Å². The molecular weight excluding hydrogens is 244 g/mol. The van der Waals surface area contributed by atoms with E-state index in [4.69, 9.17) is 11.6 Å². The molecule has 1 aliphatic rings. The average molecular weight is 259 g/mol. The third kappa shape index (κ3) is 2.74. The lowest BCUT2D eigenvalue weighted by molar-refractivity contribution is 0.623. The highest BCUT2D eigenvalue weighted by molar-refractivity contribution is 7.85. The molecule has 1 aromatic rings. The van der Waals surface area contributed by atoms with Crippen molar-refractivity contribution in [2.75, 3.05) is 16.8 Å². The Bertz CT molecular complexity index is 381. The van der Waals surface area contributed by atoms with Gasteiger partial charge in [0, 0.05) is 34.5 Å². The van der Waals surface area contributed by atoms with Gasteiger partial charge in [-0.25, -0.2) is 4.98 Å². The van der Waals surface area contributed by atoms with Crippen LogP contribution < -0.4 is 5.32 Å². The van der Waals surface area contributed by atoms with Gasteiger partial charge >= 0.3 is 0 Å². The molecule has 1 aromatic heterocycles. The summed E-state index contributed by atoms with van der Waals surface area (Å²) >= 11 is 6.04.